The van der Waals surface area contributed by atoms with E-state index in [0.29, 0.717) is 34.5 Å². The summed E-state index contributed by atoms with van der Waals surface area (Å²) in [5.41, 5.74) is 0. The van der Waals surface area contributed by atoms with E-state index in [2.05, 4.69) is 37.4 Å². The highest BCUT2D eigenvalue weighted by molar-refractivity contribution is 8.08. The highest BCUT2D eigenvalue weighted by Gasteiger charge is 2.55. The minimum atomic E-state index is -0.434. The van der Waals surface area contributed by atoms with E-state index in [-0.39, 0.29) is 6.42 Å². The molecule has 2 saturated heterocycles. The number of carbonyl (C=O) groups excluding carboxylic acids is 2. The van der Waals surface area contributed by atoms with Crippen molar-refractivity contribution in [2.45, 2.75) is 78.8 Å². The fourth-order valence-electron chi connectivity index (χ4n) is 4.38. The molecule has 6 atom stereocenters. The predicted octanol–water partition coefficient (Wildman–Crippen LogP) is 3.81. The topological polar surface area (TPSA) is 52.6 Å². The van der Waals surface area contributed by atoms with Crippen LogP contribution in [-0.2, 0) is 19.1 Å². The maximum atomic E-state index is 11.9. The number of hydrogen-bond donors (Lipinski definition) is 0. The van der Waals surface area contributed by atoms with Crippen molar-refractivity contribution in [1.29, 1.82) is 0 Å². The van der Waals surface area contributed by atoms with E-state index in [1.165, 1.54) is 12.8 Å². The molecule has 4 fully saturated rings. The Balaban J connectivity index is 1.09. The number of ether oxygens (including phenoxy) is 2. The molecule has 0 aromatic heterocycles. The SMILES string of the molecule is CC12CCC(COC(=O)CC(=O)OCC3CCC4(C)SC4C3)CC1S2. The van der Waals surface area contributed by atoms with Gasteiger partial charge in [0.1, 0.15) is 6.42 Å². The van der Waals surface area contributed by atoms with Crippen LogP contribution in [0.5, 0.6) is 0 Å². The summed E-state index contributed by atoms with van der Waals surface area (Å²) < 4.78 is 11.7. The molecule has 0 aromatic carbocycles. The lowest BCUT2D eigenvalue weighted by Gasteiger charge is -2.24. The second-order valence-electron chi connectivity index (χ2n) is 8.66. The second-order valence-corrected chi connectivity index (χ2v) is 12.1. The van der Waals surface area contributed by atoms with E-state index in [1.54, 1.807) is 0 Å². The standard InChI is InChI=1S/C19H28O4S2/c1-18-5-3-12(7-14(18)24-18)10-22-16(20)9-17(21)23-11-13-4-6-19(2)15(8-13)25-19/h12-15H,3-11H2,1-2H3. The molecule has 0 radical (unpaired) electrons. The summed E-state index contributed by atoms with van der Waals surface area (Å²) in [7, 11) is 0. The van der Waals surface area contributed by atoms with Crippen LogP contribution in [0.15, 0.2) is 0 Å². The predicted molar refractivity (Wildman–Crippen MR) is 101 cm³/mol. The number of carbonyl (C=O) groups is 2. The smallest absolute Gasteiger partial charge is 0.317 e. The summed E-state index contributed by atoms with van der Waals surface area (Å²) in [6.07, 6.45) is 6.70. The van der Waals surface area contributed by atoms with Crippen molar-refractivity contribution < 1.29 is 19.1 Å². The Morgan fingerprint density at radius 3 is 1.72 bits per heavy atom. The molecule has 4 aliphatic rings. The fraction of sp³-hybridized carbons (Fsp3) is 0.895. The molecular formula is C19H28O4S2. The number of esters is 2. The van der Waals surface area contributed by atoms with Crippen molar-refractivity contribution in [2.75, 3.05) is 13.2 Å². The summed E-state index contributed by atoms with van der Waals surface area (Å²) in [6, 6.07) is 0. The molecule has 0 amide bonds. The second kappa shape index (κ2) is 6.66. The Morgan fingerprint density at radius 1 is 0.880 bits per heavy atom. The molecule has 4 rings (SSSR count). The molecule has 2 saturated carbocycles. The molecule has 0 bridgehead atoms. The zero-order chi connectivity index (χ0) is 17.7. The van der Waals surface area contributed by atoms with E-state index >= 15 is 0 Å². The highest BCUT2D eigenvalue weighted by Crippen LogP contribution is 2.62. The minimum Gasteiger partial charge on any atom is -0.465 e. The van der Waals surface area contributed by atoms with Crippen LogP contribution in [-0.4, -0.2) is 45.1 Å². The summed E-state index contributed by atoms with van der Waals surface area (Å²) in [5.74, 6) is 0.0489. The van der Waals surface area contributed by atoms with Crippen molar-refractivity contribution in [2.24, 2.45) is 11.8 Å². The summed E-state index contributed by atoms with van der Waals surface area (Å²) >= 11 is 4.11. The van der Waals surface area contributed by atoms with Crippen molar-refractivity contribution >= 4 is 35.5 Å². The molecule has 0 N–H and O–H groups in total. The lowest BCUT2D eigenvalue weighted by Crippen LogP contribution is -2.27. The van der Waals surface area contributed by atoms with Crippen LogP contribution in [0.1, 0.15) is 58.8 Å². The molecular weight excluding hydrogens is 356 g/mol. The van der Waals surface area contributed by atoms with Gasteiger partial charge < -0.3 is 9.47 Å². The first-order valence-electron chi connectivity index (χ1n) is 9.53. The van der Waals surface area contributed by atoms with Crippen LogP contribution in [0, 0.1) is 11.8 Å². The van der Waals surface area contributed by atoms with Crippen LogP contribution < -0.4 is 0 Å². The van der Waals surface area contributed by atoms with Gasteiger partial charge in [-0.25, -0.2) is 0 Å². The first-order valence-corrected chi connectivity index (χ1v) is 11.3. The van der Waals surface area contributed by atoms with Crippen LogP contribution >= 0.6 is 23.5 Å². The van der Waals surface area contributed by atoms with Gasteiger partial charge in [-0.05, 0) is 64.2 Å². The third-order valence-corrected chi connectivity index (χ3v) is 10.1. The van der Waals surface area contributed by atoms with E-state index in [9.17, 15) is 9.59 Å². The maximum absolute atomic E-state index is 11.9. The van der Waals surface area contributed by atoms with Gasteiger partial charge in [0.25, 0.3) is 0 Å². The van der Waals surface area contributed by atoms with Crippen molar-refractivity contribution in [3.05, 3.63) is 0 Å². The third kappa shape index (κ3) is 4.15. The first-order chi connectivity index (χ1) is 11.9. The average Bonchev–Trinajstić information content (AvgIpc) is 3.43. The molecule has 0 aromatic rings. The Bertz CT molecular complexity index is 520. The Hall–Kier alpha value is -0.360. The van der Waals surface area contributed by atoms with Gasteiger partial charge in [0.2, 0.25) is 0 Å². The van der Waals surface area contributed by atoms with Crippen molar-refractivity contribution in [3.8, 4) is 0 Å². The Kier molecular flexibility index (Phi) is 4.80. The summed E-state index contributed by atoms with van der Waals surface area (Å²) in [6.45, 7) is 5.57. The zero-order valence-corrected chi connectivity index (χ0v) is 16.8. The molecule has 6 heteroatoms. The van der Waals surface area contributed by atoms with Crippen LogP contribution in [0.3, 0.4) is 0 Å². The fourth-order valence-corrected chi connectivity index (χ4v) is 7.18. The van der Waals surface area contributed by atoms with Gasteiger partial charge in [0, 0.05) is 20.0 Å². The number of fused-ring (bicyclic) bond motifs is 2. The van der Waals surface area contributed by atoms with Crippen LogP contribution in [0.25, 0.3) is 0 Å². The van der Waals surface area contributed by atoms with Crippen LogP contribution in [0.2, 0.25) is 0 Å². The lowest BCUT2D eigenvalue weighted by molar-refractivity contribution is -0.156. The number of rotatable bonds is 6. The molecule has 6 unspecified atom stereocenters. The normalized spacial score (nSPS) is 44.2. The monoisotopic (exact) mass is 384 g/mol. The van der Waals surface area contributed by atoms with Gasteiger partial charge in [0.05, 0.1) is 13.2 Å². The maximum Gasteiger partial charge on any atom is 0.317 e. The summed E-state index contributed by atoms with van der Waals surface area (Å²) in [4.78, 5) is 23.7. The zero-order valence-electron chi connectivity index (χ0n) is 15.1. The number of hydrogen-bond acceptors (Lipinski definition) is 6. The van der Waals surface area contributed by atoms with Gasteiger partial charge in [-0.1, -0.05) is 0 Å². The van der Waals surface area contributed by atoms with E-state index < -0.39 is 11.9 Å². The van der Waals surface area contributed by atoms with Gasteiger partial charge in [-0.15, -0.1) is 23.5 Å². The van der Waals surface area contributed by atoms with Gasteiger partial charge in [-0.2, -0.15) is 0 Å². The quantitative estimate of drug-likeness (QED) is 0.394. The first kappa shape index (κ1) is 18.0. The average molecular weight is 385 g/mol. The van der Waals surface area contributed by atoms with E-state index in [4.69, 9.17) is 9.47 Å². The molecule has 140 valence electrons. The molecule has 25 heavy (non-hydrogen) atoms. The molecule has 4 nitrogen and oxygen atoms in total. The van der Waals surface area contributed by atoms with E-state index in [0.717, 1.165) is 36.2 Å². The molecule has 2 heterocycles. The van der Waals surface area contributed by atoms with Gasteiger partial charge in [-0.3, -0.25) is 9.59 Å². The van der Waals surface area contributed by atoms with Crippen LogP contribution in [0.4, 0.5) is 0 Å². The number of thioether (sulfide) groups is 2. The molecule has 2 aliphatic carbocycles. The summed E-state index contributed by atoms with van der Waals surface area (Å²) in [5, 5.41) is 1.49. The van der Waals surface area contributed by atoms with Gasteiger partial charge >= 0.3 is 11.9 Å². The Morgan fingerprint density at radius 2 is 1.32 bits per heavy atom. The molecule has 2 aliphatic heterocycles. The van der Waals surface area contributed by atoms with Gasteiger partial charge in [0.15, 0.2) is 0 Å². The van der Waals surface area contributed by atoms with Crippen molar-refractivity contribution in [3.63, 3.8) is 0 Å². The van der Waals surface area contributed by atoms with E-state index in [1.807, 2.05) is 0 Å². The third-order valence-electron chi connectivity index (χ3n) is 6.51. The highest BCUT2D eigenvalue weighted by atomic mass is 32.2. The van der Waals surface area contributed by atoms with Crippen molar-refractivity contribution in [1.82, 2.24) is 0 Å². The largest absolute Gasteiger partial charge is 0.465 e. The minimum absolute atomic E-state index is 0.245. The lowest BCUT2D eigenvalue weighted by atomic mass is 9.83. The Labute approximate surface area is 158 Å². The molecule has 0 spiro atoms.